The summed E-state index contributed by atoms with van der Waals surface area (Å²) < 4.78 is 0. The molecule has 1 aromatic heterocycles. The molecule has 0 spiro atoms. The fraction of sp³-hybridized carbons (Fsp3) is 0.174. The molecule has 6 nitrogen and oxygen atoms in total. The van der Waals surface area contributed by atoms with E-state index in [2.05, 4.69) is 10.6 Å². The second-order valence-electron chi connectivity index (χ2n) is 7.04. The fourth-order valence-electron chi connectivity index (χ4n) is 3.62. The number of aryl methyl sites for hydroxylation is 1. The minimum absolute atomic E-state index is 0.0184. The zero-order valence-corrected chi connectivity index (χ0v) is 16.9. The maximum atomic E-state index is 13.2. The number of fused-ring (bicyclic) bond motifs is 1. The second-order valence-corrected chi connectivity index (χ2v) is 8.15. The topological polar surface area (TPSA) is 95.5 Å². The van der Waals surface area contributed by atoms with Crippen LogP contribution in [0.4, 0.5) is 10.7 Å². The zero-order valence-electron chi connectivity index (χ0n) is 16.1. The van der Waals surface area contributed by atoms with Crippen LogP contribution in [0.1, 0.15) is 54.4 Å². The molecule has 30 heavy (non-hydrogen) atoms. The summed E-state index contributed by atoms with van der Waals surface area (Å²) >= 11 is 1.43. The molecule has 0 unspecified atom stereocenters. The van der Waals surface area contributed by atoms with Gasteiger partial charge in [-0.15, -0.1) is 11.3 Å². The largest absolute Gasteiger partial charge is 0.478 e. The normalized spacial score (nSPS) is 12.7. The van der Waals surface area contributed by atoms with Crippen LogP contribution in [0.5, 0.6) is 0 Å². The Morgan fingerprint density at radius 1 is 0.833 bits per heavy atom. The van der Waals surface area contributed by atoms with Crippen molar-refractivity contribution in [3.05, 3.63) is 81.7 Å². The molecule has 0 fully saturated rings. The molecule has 3 aromatic rings. The SMILES string of the molecule is O=C(Nc1sc2c(c1C(=O)Nc1ccccc1C(=O)O)CCCC2)c1ccccc1. The lowest BCUT2D eigenvalue weighted by Crippen LogP contribution is -2.19. The number of thiophene rings is 1. The van der Waals surface area contributed by atoms with Crippen LogP contribution in [-0.2, 0) is 12.8 Å². The van der Waals surface area contributed by atoms with Crippen LogP contribution in [0.15, 0.2) is 54.6 Å². The van der Waals surface area contributed by atoms with Crippen molar-refractivity contribution < 1.29 is 19.5 Å². The van der Waals surface area contributed by atoms with Crippen molar-refractivity contribution in [1.29, 1.82) is 0 Å². The van der Waals surface area contributed by atoms with Gasteiger partial charge in [-0.3, -0.25) is 9.59 Å². The van der Waals surface area contributed by atoms with Gasteiger partial charge in [0.15, 0.2) is 0 Å². The molecule has 2 amide bonds. The lowest BCUT2D eigenvalue weighted by atomic mass is 9.95. The van der Waals surface area contributed by atoms with Crippen LogP contribution in [0.2, 0.25) is 0 Å². The van der Waals surface area contributed by atoms with Gasteiger partial charge in [0, 0.05) is 10.4 Å². The molecule has 0 saturated carbocycles. The van der Waals surface area contributed by atoms with Crippen molar-refractivity contribution in [3.8, 4) is 0 Å². The zero-order chi connectivity index (χ0) is 21.1. The van der Waals surface area contributed by atoms with Gasteiger partial charge in [-0.25, -0.2) is 4.79 Å². The number of benzene rings is 2. The monoisotopic (exact) mass is 420 g/mol. The summed E-state index contributed by atoms with van der Waals surface area (Å²) in [7, 11) is 0. The van der Waals surface area contributed by atoms with Gasteiger partial charge in [0.05, 0.1) is 16.8 Å². The van der Waals surface area contributed by atoms with Crippen LogP contribution < -0.4 is 10.6 Å². The highest BCUT2D eigenvalue weighted by molar-refractivity contribution is 7.17. The van der Waals surface area contributed by atoms with E-state index < -0.39 is 11.9 Å². The quantitative estimate of drug-likeness (QED) is 0.551. The molecular weight excluding hydrogens is 400 g/mol. The molecule has 0 saturated heterocycles. The van der Waals surface area contributed by atoms with Crippen LogP contribution in [-0.4, -0.2) is 22.9 Å². The number of para-hydroxylation sites is 1. The maximum Gasteiger partial charge on any atom is 0.337 e. The van der Waals surface area contributed by atoms with Gasteiger partial charge in [0.1, 0.15) is 5.00 Å². The molecular formula is C23H20N2O4S. The number of rotatable bonds is 5. The first-order chi connectivity index (χ1) is 14.5. The average molecular weight is 420 g/mol. The predicted molar refractivity (Wildman–Crippen MR) is 117 cm³/mol. The Kier molecular flexibility index (Phi) is 5.63. The number of aromatic carboxylic acids is 1. The fourth-order valence-corrected chi connectivity index (χ4v) is 4.90. The third kappa shape index (κ3) is 3.97. The Morgan fingerprint density at radius 3 is 2.30 bits per heavy atom. The van der Waals surface area contributed by atoms with Gasteiger partial charge in [0.25, 0.3) is 11.8 Å². The molecule has 0 radical (unpaired) electrons. The lowest BCUT2D eigenvalue weighted by molar-refractivity contribution is 0.0697. The number of hydrogen-bond acceptors (Lipinski definition) is 4. The van der Waals surface area contributed by atoms with Gasteiger partial charge in [-0.05, 0) is 55.5 Å². The Bertz CT molecular complexity index is 1120. The highest BCUT2D eigenvalue weighted by Gasteiger charge is 2.27. The Hall–Kier alpha value is -3.45. The first-order valence-electron chi connectivity index (χ1n) is 9.69. The Balaban J connectivity index is 1.68. The molecule has 1 aliphatic carbocycles. The molecule has 0 bridgehead atoms. The molecule has 4 rings (SSSR count). The van der Waals surface area contributed by atoms with E-state index in [9.17, 15) is 19.5 Å². The number of amides is 2. The van der Waals surface area contributed by atoms with E-state index in [1.165, 1.54) is 17.4 Å². The number of carboxylic acids is 1. The van der Waals surface area contributed by atoms with E-state index in [-0.39, 0.29) is 17.2 Å². The molecule has 0 atom stereocenters. The summed E-state index contributed by atoms with van der Waals surface area (Å²) in [4.78, 5) is 38.5. The highest BCUT2D eigenvalue weighted by atomic mass is 32.1. The molecule has 7 heteroatoms. The maximum absolute atomic E-state index is 13.2. The van der Waals surface area contributed by atoms with Crippen molar-refractivity contribution in [3.63, 3.8) is 0 Å². The summed E-state index contributed by atoms with van der Waals surface area (Å²) in [5.74, 6) is -1.81. The number of anilines is 2. The highest BCUT2D eigenvalue weighted by Crippen LogP contribution is 2.39. The van der Waals surface area contributed by atoms with Crippen LogP contribution in [0.3, 0.4) is 0 Å². The van der Waals surface area contributed by atoms with Gasteiger partial charge < -0.3 is 15.7 Å². The molecule has 152 valence electrons. The second kappa shape index (κ2) is 8.51. The van der Waals surface area contributed by atoms with Crippen molar-refractivity contribution in [2.45, 2.75) is 25.7 Å². The minimum atomic E-state index is -1.11. The smallest absolute Gasteiger partial charge is 0.337 e. The number of nitrogens with one attached hydrogen (secondary N) is 2. The van der Waals surface area contributed by atoms with E-state index in [0.717, 1.165) is 36.1 Å². The predicted octanol–water partition coefficient (Wildman–Crippen LogP) is 4.83. The third-order valence-electron chi connectivity index (χ3n) is 5.07. The molecule has 3 N–H and O–H groups in total. The van der Waals surface area contributed by atoms with E-state index in [1.807, 2.05) is 6.07 Å². The van der Waals surface area contributed by atoms with Crippen LogP contribution in [0, 0.1) is 0 Å². The van der Waals surface area contributed by atoms with E-state index in [1.54, 1.807) is 42.5 Å². The number of carboxylic acid groups (broad SMARTS) is 1. The number of hydrogen-bond donors (Lipinski definition) is 3. The summed E-state index contributed by atoms with van der Waals surface area (Å²) in [6.07, 6.45) is 3.65. The molecule has 0 aliphatic heterocycles. The standard InChI is InChI=1S/C23H20N2O4S/c26-20(14-8-2-1-3-9-14)25-22-19(16-11-5-7-13-18(16)30-22)21(27)24-17-12-6-4-10-15(17)23(28)29/h1-4,6,8-10,12H,5,7,11,13H2,(H,24,27)(H,25,26)(H,28,29). The first kappa shape index (κ1) is 19.8. The summed E-state index contributed by atoms with van der Waals surface area (Å²) in [5.41, 5.74) is 2.13. The van der Waals surface area contributed by atoms with E-state index in [4.69, 9.17) is 0 Å². The average Bonchev–Trinajstić information content (AvgIpc) is 3.12. The Labute approximate surface area is 177 Å². The van der Waals surface area contributed by atoms with Crippen molar-refractivity contribution in [2.24, 2.45) is 0 Å². The van der Waals surface area contributed by atoms with Gasteiger partial charge >= 0.3 is 5.97 Å². The molecule has 2 aromatic carbocycles. The van der Waals surface area contributed by atoms with Gasteiger partial charge in [0.2, 0.25) is 0 Å². The molecule has 1 aliphatic rings. The number of carbonyl (C=O) groups is 3. The summed E-state index contributed by atoms with van der Waals surface area (Å²) in [6.45, 7) is 0. The lowest BCUT2D eigenvalue weighted by Gasteiger charge is -2.14. The van der Waals surface area contributed by atoms with E-state index in [0.29, 0.717) is 16.1 Å². The minimum Gasteiger partial charge on any atom is -0.478 e. The summed E-state index contributed by atoms with van der Waals surface area (Å²) in [6, 6.07) is 15.1. The van der Waals surface area contributed by atoms with Gasteiger partial charge in [-0.2, -0.15) is 0 Å². The van der Waals surface area contributed by atoms with Crippen LogP contribution >= 0.6 is 11.3 Å². The third-order valence-corrected chi connectivity index (χ3v) is 6.27. The van der Waals surface area contributed by atoms with Crippen molar-refractivity contribution in [2.75, 3.05) is 10.6 Å². The summed E-state index contributed by atoms with van der Waals surface area (Å²) in [5, 5.41) is 15.5. The van der Waals surface area contributed by atoms with Crippen molar-refractivity contribution in [1.82, 2.24) is 0 Å². The van der Waals surface area contributed by atoms with Crippen molar-refractivity contribution >= 4 is 39.8 Å². The van der Waals surface area contributed by atoms with E-state index >= 15 is 0 Å². The molecule has 1 heterocycles. The van der Waals surface area contributed by atoms with Crippen LogP contribution in [0.25, 0.3) is 0 Å². The van der Waals surface area contributed by atoms with Gasteiger partial charge in [-0.1, -0.05) is 30.3 Å². The number of carbonyl (C=O) groups excluding carboxylic acids is 2. The Morgan fingerprint density at radius 2 is 1.53 bits per heavy atom. The first-order valence-corrected chi connectivity index (χ1v) is 10.5.